The average Bonchev–Trinajstić information content (AvgIpc) is 3.59. The van der Waals surface area contributed by atoms with Gasteiger partial charge in [-0.3, -0.25) is 4.79 Å². The molecule has 0 unspecified atom stereocenters. The van der Waals surface area contributed by atoms with E-state index in [2.05, 4.69) is 22.7 Å². The maximum atomic E-state index is 12.4. The number of ether oxygens (including phenoxy) is 1. The first-order valence-electron chi connectivity index (χ1n) is 9.97. The molecule has 0 aromatic heterocycles. The van der Waals surface area contributed by atoms with Crippen molar-refractivity contribution in [3.8, 4) is 5.75 Å². The normalized spacial score (nSPS) is 18.0. The van der Waals surface area contributed by atoms with Crippen LogP contribution in [0.25, 0.3) is 0 Å². The molecule has 1 N–H and O–H groups in total. The van der Waals surface area contributed by atoms with Crippen LogP contribution in [0.1, 0.15) is 36.0 Å². The number of amides is 1. The predicted molar refractivity (Wildman–Crippen MR) is 120 cm³/mol. The molecule has 0 spiro atoms. The zero-order valence-electron chi connectivity index (χ0n) is 16.7. The first kappa shape index (κ1) is 20.2. The summed E-state index contributed by atoms with van der Waals surface area (Å²) < 4.78 is 5.81. The molecule has 1 amide bonds. The van der Waals surface area contributed by atoms with E-state index in [-0.39, 0.29) is 11.8 Å². The van der Waals surface area contributed by atoms with E-state index in [0.29, 0.717) is 17.5 Å². The van der Waals surface area contributed by atoms with Gasteiger partial charge in [0.05, 0.1) is 5.71 Å². The molecule has 0 bridgehead atoms. The van der Waals surface area contributed by atoms with Crippen LogP contribution in [0, 0.1) is 5.92 Å². The summed E-state index contributed by atoms with van der Waals surface area (Å²) in [5.74, 6) is 1.03. The van der Waals surface area contributed by atoms with Crippen LogP contribution < -0.4 is 10.2 Å². The summed E-state index contributed by atoms with van der Waals surface area (Å²) in [7, 11) is 0. The third-order valence-electron chi connectivity index (χ3n) is 5.31. The van der Waals surface area contributed by atoms with Crippen LogP contribution in [-0.4, -0.2) is 11.6 Å². The van der Waals surface area contributed by atoms with Crippen LogP contribution in [0.3, 0.4) is 0 Å². The monoisotopic (exact) mass is 418 g/mol. The number of halogens is 1. The summed E-state index contributed by atoms with van der Waals surface area (Å²) in [4.78, 5) is 12.4. The van der Waals surface area contributed by atoms with Gasteiger partial charge in [-0.1, -0.05) is 60.1 Å². The topological polar surface area (TPSA) is 50.7 Å². The quantitative estimate of drug-likeness (QED) is 0.403. The van der Waals surface area contributed by atoms with E-state index in [1.54, 1.807) is 0 Å². The third-order valence-corrected chi connectivity index (χ3v) is 5.68. The maximum Gasteiger partial charge on any atom is 0.243 e. The van der Waals surface area contributed by atoms with Crippen LogP contribution in [0.4, 0.5) is 0 Å². The summed E-state index contributed by atoms with van der Waals surface area (Å²) >= 11 is 6.16. The van der Waals surface area contributed by atoms with Crippen molar-refractivity contribution in [2.75, 3.05) is 0 Å². The van der Waals surface area contributed by atoms with Crippen molar-refractivity contribution in [1.82, 2.24) is 5.43 Å². The number of nitrogens with zero attached hydrogens (tertiary/aromatic N) is 1. The standard InChI is InChI=1S/C25H23ClN2O2/c1-17(27-28-25(29)23-15-22(23)19-7-3-2-4-8-19)18-11-13-21(14-12-18)30-16-20-9-5-6-10-24(20)26/h2-14,22-23H,15-16H2,1H3,(H,28,29)/b27-17+/t22-,23-/m1/s1. The highest BCUT2D eigenvalue weighted by molar-refractivity contribution is 6.31. The van der Waals surface area contributed by atoms with Crippen molar-refractivity contribution in [3.05, 3.63) is 101 Å². The van der Waals surface area contributed by atoms with Gasteiger partial charge in [-0.15, -0.1) is 0 Å². The molecular weight excluding hydrogens is 396 g/mol. The van der Waals surface area contributed by atoms with E-state index in [9.17, 15) is 4.79 Å². The number of carbonyl (C=O) groups is 1. The number of hydrogen-bond donors (Lipinski definition) is 1. The van der Waals surface area contributed by atoms with Crippen molar-refractivity contribution >= 4 is 23.2 Å². The smallest absolute Gasteiger partial charge is 0.243 e. The molecule has 0 saturated heterocycles. The highest BCUT2D eigenvalue weighted by Crippen LogP contribution is 2.47. The molecule has 30 heavy (non-hydrogen) atoms. The van der Waals surface area contributed by atoms with Gasteiger partial charge in [-0.05, 0) is 60.7 Å². The number of nitrogens with one attached hydrogen (secondary N) is 1. The van der Waals surface area contributed by atoms with Gasteiger partial charge < -0.3 is 4.74 Å². The fourth-order valence-electron chi connectivity index (χ4n) is 3.41. The minimum atomic E-state index is -0.0251. The Balaban J connectivity index is 1.30. The third kappa shape index (κ3) is 4.89. The van der Waals surface area contributed by atoms with E-state index in [1.165, 1.54) is 5.56 Å². The number of rotatable bonds is 7. The number of benzene rings is 3. The number of hydrogen-bond acceptors (Lipinski definition) is 3. The minimum Gasteiger partial charge on any atom is -0.489 e. The largest absolute Gasteiger partial charge is 0.489 e. The second kappa shape index (κ2) is 9.14. The van der Waals surface area contributed by atoms with Crippen molar-refractivity contribution in [2.45, 2.75) is 25.9 Å². The van der Waals surface area contributed by atoms with E-state index >= 15 is 0 Å². The van der Waals surface area contributed by atoms with Crippen LogP contribution in [-0.2, 0) is 11.4 Å². The van der Waals surface area contributed by atoms with Gasteiger partial charge >= 0.3 is 0 Å². The lowest BCUT2D eigenvalue weighted by Gasteiger charge is -2.09. The molecule has 0 aliphatic heterocycles. The molecule has 0 radical (unpaired) electrons. The summed E-state index contributed by atoms with van der Waals surface area (Å²) in [6, 6.07) is 25.4. The molecule has 1 fully saturated rings. The highest BCUT2D eigenvalue weighted by atomic mass is 35.5. The molecule has 5 heteroatoms. The minimum absolute atomic E-state index is 0.00420. The van der Waals surface area contributed by atoms with E-state index in [0.717, 1.165) is 29.0 Å². The molecule has 1 saturated carbocycles. The van der Waals surface area contributed by atoms with Gasteiger partial charge in [-0.2, -0.15) is 5.10 Å². The molecule has 4 rings (SSSR count). The molecule has 1 aliphatic carbocycles. The summed E-state index contributed by atoms with van der Waals surface area (Å²) in [5.41, 5.74) is 6.54. The Morgan fingerprint density at radius 1 is 1.03 bits per heavy atom. The van der Waals surface area contributed by atoms with Gasteiger partial charge in [0, 0.05) is 16.5 Å². The Hall–Kier alpha value is -3.11. The second-order valence-corrected chi connectivity index (χ2v) is 7.84. The van der Waals surface area contributed by atoms with Crippen LogP contribution in [0.5, 0.6) is 5.75 Å². The zero-order valence-corrected chi connectivity index (χ0v) is 17.5. The lowest BCUT2D eigenvalue weighted by atomic mass is 10.1. The highest BCUT2D eigenvalue weighted by Gasteiger charge is 2.43. The fourth-order valence-corrected chi connectivity index (χ4v) is 3.60. The van der Waals surface area contributed by atoms with Crippen molar-refractivity contribution < 1.29 is 9.53 Å². The molecule has 4 nitrogen and oxygen atoms in total. The Bertz CT molecular complexity index is 1050. The summed E-state index contributed by atoms with van der Waals surface area (Å²) in [5, 5.41) is 4.97. The average molecular weight is 419 g/mol. The summed E-state index contributed by atoms with van der Waals surface area (Å²) in [6.45, 7) is 2.29. The van der Waals surface area contributed by atoms with Gasteiger partial charge in [0.25, 0.3) is 0 Å². The zero-order chi connectivity index (χ0) is 20.9. The first-order valence-corrected chi connectivity index (χ1v) is 10.4. The molecule has 3 aromatic rings. The molecule has 3 aromatic carbocycles. The molecule has 152 valence electrons. The molecular formula is C25H23ClN2O2. The van der Waals surface area contributed by atoms with Gasteiger partial charge in [0.2, 0.25) is 5.91 Å². The summed E-state index contributed by atoms with van der Waals surface area (Å²) in [6.07, 6.45) is 0.877. The number of hydrazone groups is 1. The first-order chi connectivity index (χ1) is 14.6. The van der Waals surface area contributed by atoms with E-state index < -0.39 is 0 Å². The Morgan fingerprint density at radius 3 is 2.47 bits per heavy atom. The van der Waals surface area contributed by atoms with Gasteiger partial charge in [-0.25, -0.2) is 5.43 Å². The fraction of sp³-hybridized carbons (Fsp3) is 0.200. The van der Waals surface area contributed by atoms with E-state index in [1.807, 2.05) is 73.7 Å². The molecule has 0 heterocycles. The van der Waals surface area contributed by atoms with Crippen molar-refractivity contribution in [2.24, 2.45) is 11.0 Å². The van der Waals surface area contributed by atoms with E-state index in [4.69, 9.17) is 16.3 Å². The Kier molecular flexibility index (Phi) is 6.15. The molecule has 2 atom stereocenters. The van der Waals surface area contributed by atoms with Crippen LogP contribution in [0.2, 0.25) is 5.02 Å². The number of carbonyl (C=O) groups excluding carboxylic acids is 1. The Morgan fingerprint density at radius 2 is 1.73 bits per heavy atom. The van der Waals surface area contributed by atoms with Gasteiger partial charge in [0.15, 0.2) is 0 Å². The van der Waals surface area contributed by atoms with Gasteiger partial charge in [0.1, 0.15) is 12.4 Å². The second-order valence-electron chi connectivity index (χ2n) is 7.44. The molecule has 1 aliphatic rings. The SMILES string of the molecule is C/C(=N\NC(=O)[C@@H]1C[C@@H]1c1ccccc1)c1ccc(OCc2ccccc2Cl)cc1. The predicted octanol–water partition coefficient (Wildman–Crippen LogP) is 5.56. The van der Waals surface area contributed by atoms with Crippen LogP contribution >= 0.6 is 11.6 Å². The lowest BCUT2D eigenvalue weighted by Crippen LogP contribution is -2.21. The maximum absolute atomic E-state index is 12.4. The Labute approximate surface area is 181 Å². The van der Waals surface area contributed by atoms with Crippen molar-refractivity contribution in [3.63, 3.8) is 0 Å². The van der Waals surface area contributed by atoms with Crippen molar-refractivity contribution in [1.29, 1.82) is 0 Å². The van der Waals surface area contributed by atoms with Crippen LogP contribution in [0.15, 0.2) is 84.0 Å². The lowest BCUT2D eigenvalue weighted by molar-refractivity contribution is -0.122.